The lowest BCUT2D eigenvalue weighted by molar-refractivity contribution is -0.156. The summed E-state index contributed by atoms with van der Waals surface area (Å²) in [5.41, 5.74) is 1.47. The van der Waals surface area contributed by atoms with Crippen LogP contribution in [0, 0.1) is 23.2 Å². The third-order valence-corrected chi connectivity index (χ3v) is 9.03. The van der Waals surface area contributed by atoms with Gasteiger partial charge in [0.2, 0.25) is 11.8 Å². The molecule has 2 aliphatic heterocycles. The fraction of sp³-hybridized carbons (Fsp3) is 0.676. The molecule has 2 amide bonds. The standard InChI is InChI=1S/C34H48N4O7/c1-19(2)18-43-32(40)28-20(3)27-17-38(28)31(39)29(34(4,5)6)37-33(41)45-26-15-21(26)11-9-8-10-12-24-30(44-27)36-25-16-22(42-7)13-14-23(25)35-24/h13-14,16,19-21,26-29H,8-12,15,17-18H2,1-7H3,(H,37,41). The highest BCUT2D eigenvalue weighted by molar-refractivity contribution is 5.91. The van der Waals surface area contributed by atoms with Gasteiger partial charge in [-0.25, -0.2) is 19.6 Å². The van der Waals surface area contributed by atoms with E-state index < -0.39 is 41.6 Å². The fourth-order valence-electron chi connectivity index (χ4n) is 6.24. The van der Waals surface area contributed by atoms with Gasteiger partial charge in [-0.15, -0.1) is 0 Å². The number of ether oxygens (including phenoxy) is 4. The molecule has 6 atom stereocenters. The minimum Gasteiger partial charge on any atom is -0.497 e. The summed E-state index contributed by atoms with van der Waals surface area (Å²) in [5.74, 6) is 0.211. The second-order valence-electron chi connectivity index (χ2n) is 14.3. The van der Waals surface area contributed by atoms with Crippen molar-refractivity contribution in [2.45, 2.75) is 104 Å². The first-order valence-electron chi connectivity index (χ1n) is 16.3. The second kappa shape index (κ2) is 13.4. The van der Waals surface area contributed by atoms with Gasteiger partial charge in [-0.1, -0.05) is 54.4 Å². The molecular weight excluding hydrogens is 576 g/mol. The van der Waals surface area contributed by atoms with Gasteiger partial charge in [-0.3, -0.25) is 4.79 Å². The van der Waals surface area contributed by atoms with Crippen molar-refractivity contribution >= 4 is 29.0 Å². The van der Waals surface area contributed by atoms with Gasteiger partial charge in [0.15, 0.2) is 0 Å². The first-order valence-corrected chi connectivity index (χ1v) is 16.3. The molecule has 6 unspecified atom stereocenters. The maximum absolute atomic E-state index is 14.3. The average molecular weight is 625 g/mol. The van der Waals surface area contributed by atoms with Crippen LogP contribution in [0.2, 0.25) is 0 Å². The molecule has 5 rings (SSSR count). The minimum absolute atomic E-state index is 0.118. The molecule has 1 saturated carbocycles. The van der Waals surface area contributed by atoms with Gasteiger partial charge in [0.25, 0.3) is 0 Å². The monoisotopic (exact) mass is 624 g/mol. The highest BCUT2D eigenvalue weighted by Crippen LogP contribution is 2.39. The number of fused-ring (bicyclic) bond motifs is 5. The number of carbonyl (C=O) groups is 3. The van der Waals surface area contributed by atoms with E-state index >= 15 is 0 Å². The smallest absolute Gasteiger partial charge is 0.408 e. The van der Waals surface area contributed by atoms with Crippen molar-refractivity contribution in [3.05, 3.63) is 23.9 Å². The van der Waals surface area contributed by atoms with E-state index in [1.165, 1.54) is 4.90 Å². The number of hydrogen-bond donors (Lipinski definition) is 1. The topological polar surface area (TPSA) is 129 Å². The molecule has 3 aliphatic rings. The van der Waals surface area contributed by atoms with Crippen molar-refractivity contribution < 1.29 is 33.3 Å². The number of aromatic nitrogens is 2. The molecule has 11 heteroatoms. The number of benzene rings is 1. The zero-order valence-electron chi connectivity index (χ0n) is 27.6. The lowest BCUT2D eigenvalue weighted by Gasteiger charge is -2.35. The molecule has 1 aliphatic carbocycles. The van der Waals surface area contributed by atoms with E-state index in [9.17, 15) is 14.4 Å². The minimum atomic E-state index is -0.934. The van der Waals surface area contributed by atoms with Gasteiger partial charge in [-0.05, 0) is 55.1 Å². The normalized spacial score (nSPS) is 27.8. The van der Waals surface area contributed by atoms with E-state index in [0.29, 0.717) is 29.5 Å². The molecule has 2 bridgehead atoms. The highest BCUT2D eigenvalue weighted by Gasteiger charge is 2.51. The summed E-state index contributed by atoms with van der Waals surface area (Å²) < 4.78 is 23.4. The summed E-state index contributed by atoms with van der Waals surface area (Å²) in [6, 6.07) is 3.73. The number of nitrogens with zero attached hydrogens (tertiary/aromatic N) is 3. The van der Waals surface area contributed by atoms with Crippen molar-refractivity contribution in [2.75, 3.05) is 20.3 Å². The molecule has 1 N–H and O–H groups in total. The number of alkyl carbamates (subject to hydrolysis) is 1. The van der Waals surface area contributed by atoms with E-state index in [1.807, 2.05) is 59.7 Å². The van der Waals surface area contributed by atoms with Crippen LogP contribution in [0.4, 0.5) is 4.79 Å². The van der Waals surface area contributed by atoms with Crippen molar-refractivity contribution in [1.82, 2.24) is 20.2 Å². The van der Waals surface area contributed by atoms with Crippen molar-refractivity contribution in [3.8, 4) is 11.6 Å². The van der Waals surface area contributed by atoms with Crippen LogP contribution in [0.25, 0.3) is 11.0 Å². The van der Waals surface area contributed by atoms with Crippen molar-refractivity contribution in [2.24, 2.45) is 23.2 Å². The Bertz CT molecular complexity index is 1410. The van der Waals surface area contributed by atoms with Gasteiger partial charge in [0.05, 0.1) is 31.3 Å². The molecular formula is C34H48N4O7. The lowest BCUT2D eigenvalue weighted by Crippen LogP contribution is -2.57. The van der Waals surface area contributed by atoms with Crippen molar-refractivity contribution in [1.29, 1.82) is 0 Å². The maximum Gasteiger partial charge on any atom is 0.408 e. The number of amides is 2. The Hall–Kier alpha value is -3.63. The van der Waals surface area contributed by atoms with E-state index in [0.717, 1.165) is 43.3 Å². The molecule has 1 aromatic carbocycles. The number of methoxy groups -OCH3 is 1. The van der Waals surface area contributed by atoms with Gasteiger partial charge >= 0.3 is 12.1 Å². The number of esters is 1. The van der Waals surface area contributed by atoms with Crippen LogP contribution in [0.5, 0.6) is 11.6 Å². The Labute approximate surface area is 265 Å². The van der Waals surface area contributed by atoms with E-state index in [2.05, 4.69) is 5.32 Å². The van der Waals surface area contributed by atoms with Gasteiger partial charge < -0.3 is 29.2 Å². The predicted octanol–water partition coefficient (Wildman–Crippen LogP) is 5.08. The predicted molar refractivity (Wildman–Crippen MR) is 168 cm³/mol. The molecule has 11 nitrogen and oxygen atoms in total. The Morgan fingerprint density at radius 1 is 1.09 bits per heavy atom. The lowest BCUT2D eigenvalue weighted by atomic mass is 9.85. The number of nitrogens with one attached hydrogen (secondary N) is 1. The Morgan fingerprint density at radius 3 is 2.58 bits per heavy atom. The SMILES string of the molecule is COc1ccc2nc3c(nc2c1)OC1CN(C(=O)C(C(C)(C)C)NC(=O)OC2CC2CCCCC3)C(C(=O)OCC(C)C)C1C. The molecule has 3 heterocycles. The molecule has 1 aromatic heterocycles. The number of rotatable bonds is 4. The quantitative estimate of drug-likeness (QED) is 0.463. The summed E-state index contributed by atoms with van der Waals surface area (Å²) >= 11 is 0. The largest absolute Gasteiger partial charge is 0.497 e. The summed E-state index contributed by atoms with van der Waals surface area (Å²) in [6.07, 6.45) is 4.06. The van der Waals surface area contributed by atoms with E-state index in [4.69, 9.17) is 28.9 Å². The summed E-state index contributed by atoms with van der Waals surface area (Å²) in [6.45, 7) is 11.8. The number of hydrogen-bond acceptors (Lipinski definition) is 9. The first kappa shape index (κ1) is 32.8. The van der Waals surface area contributed by atoms with Crippen LogP contribution in [0.1, 0.15) is 79.3 Å². The summed E-state index contributed by atoms with van der Waals surface area (Å²) in [5, 5.41) is 2.84. The summed E-state index contributed by atoms with van der Waals surface area (Å²) in [7, 11) is 1.60. The Morgan fingerprint density at radius 2 is 1.87 bits per heavy atom. The van der Waals surface area contributed by atoms with Crippen LogP contribution >= 0.6 is 0 Å². The van der Waals surface area contributed by atoms with Gasteiger partial charge in [-0.2, -0.15) is 0 Å². The summed E-state index contributed by atoms with van der Waals surface area (Å²) in [4.78, 5) is 52.3. The van der Waals surface area contributed by atoms with Crippen LogP contribution in [0.3, 0.4) is 0 Å². The van der Waals surface area contributed by atoms with Crippen LogP contribution in [-0.2, 0) is 25.5 Å². The van der Waals surface area contributed by atoms with Gasteiger partial charge in [0.1, 0.15) is 35.7 Å². The van der Waals surface area contributed by atoms with Crippen LogP contribution < -0.4 is 14.8 Å². The van der Waals surface area contributed by atoms with Crippen molar-refractivity contribution in [3.63, 3.8) is 0 Å². The molecule has 45 heavy (non-hydrogen) atoms. The van der Waals surface area contributed by atoms with Gasteiger partial charge in [0, 0.05) is 12.0 Å². The number of aryl methyl sites for hydroxylation is 1. The third kappa shape index (κ3) is 7.61. The molecule has 246 valence electrons. The second-order valence-corrected chi connectivity index (χ2v) is 14.3. The Kier molecular flexibility index (Phi) is 9.74. The fourth-order valence-corrected chi connectivity index (χ4v) is 6.24. The van der Waals surface area contributed by atoms with Crippen LogP contribution in [0.15, 0.2) is 18.2 Å². The highest BCUT2D eigenvalue weighted by atomic mass is 16.6. The van der Waals surface area contributed by atoms with E-state index in [1.54, 1.807) is 7.11 Å². The molecule has 2 aromatic rings. The first-order chi connectivity index (χ1) is 21.3. The molecule has 2 fully saturated rings. The van der Waals surface area contributed by atoms with Crippen LogP contribution in [-0.4, -0.2) is 77.4 Å². The third-order valence-electron chi connectivity index (χ3n) is 9.03. The molecule has 0 radical (unpaired) electrons. The average Bonchev–Trinajstić information content (AvgIpc) is 3.63. The zero-order valence-corrected chi connectivity index (χ0v) is 27.6. The Balaban J connectivity index is 1.52. The zero-order chi connectivity index (χ0) is 32.5. The maximum atomic E-state index is 14.3. The molecule has 1 saturated heterocycles. The molecule has 0 spiro atoms. The number of carbonyl (C=O) groups excluding carboxylic acids is 3. The van der Waals surface area contributed by atoms with E-state index in [-0.39, 0.29) is 31.1 Å².